The van der Waals surface area contributed by atoms with Crippen molar-refractivity contribution < 1.29 is 9.13 Å². The maximum atomic E-state index is 13.9. The van der Waals surface area contributed by atoms with Crippen molar-refractivity contribution in [2.75, 3.05) is 20.3 Å². The highest BCUT2D eigenvalue weighted by Crippen LogP contribution is 2.41. The van der Waals surface area contributed by atoms with E-state index in [4.69, 9.17) is 17.0 Å². The summed E-state index contributed by atoms with van der Waals surface area (Å²) in [6, 6.07) is 14.6. The van der Waals surface area contributed by atoms with Gasteiger partial charge in [-0.1, -0.05) is 12.1 Å². The van der Waals surface area contributed by atoms with Crippen LogP contribution in [0.4, 0.5) is 4.39 Å². The lowest BCUT2D eigenvalue weighted by molar-refractivity contribution is 0.164. The summed E-state index contributed by atoms with van der Waals surface area (Å²) in [5, 5.41) is 4.14. The number of aromatic nitrogens is 2. The van der Waals surface area contributed by atoms with Crippen LogP contribution in [0.25, 0.3) is 5.69 Å². The second kappa shape index (κ2) is 8.53. The van der Waals surface area contributed by atoms with Crippen LogP contribution in [0, 0.1) is 19.7 Å². The zero-order valence-corrected chi connectivity index (χ0v) is 18.1. The number of methoxy groups -OCH3 is 1. The first-order chi connectivity index (χ1) is 14.5. The van der Waals surface area contributed by atoms with Gasteiger partial charge in [0.1, 0.15) is 5.82 Å². The lowest BCUT2D eigenvalue weighted by Crippen LogP contribution is -2.32. The van der Waals surface area contributed by atoms with Crippen LogP contribution in [0.2, 0.25) is 0 Å². The van der Waals surface area contributed by atoms with Crippen molar-refractivity contribution in [1.29, 1.82) is 0 Å². The Morgan fingerprint density at radius 3 is 2.70 bits per heavy atom. The average molecular weight is 425 g/mol. The smallest absolute Gasteiger partial charge is 0.170 e. The van der Waals surface area contributed by atoms with E-state index >= 15 is 0 Å². The molecule has 2 atom stereocenters. The molecule has 1 aromatic carbocycles. The first-order valence-corrected chi connectivity index (χ1v) is 10.3. The Morgan fingerprint density at radius 1 is 1.17 bits per heavy atom. The number of aryl methyl sites for hydroxylation is 1. The van der Waals surface area contributed by atoms with Gasteiger partial charge in [0.05, 0.1) is 24.4 Å². The molecule has 0 spiro atoms. The van der Waals surface area contributed by atoms with Crippen LogP contribution in [-0.4, -0.2) is 39.8 Å². The monoisotopic (exact) mass is 424 g/mol. The summed E-state index contributed by atoms with van der Waals surface area (Å²) < 4.78 is 21.3. The van der Waals surface area contributed by atoms with Gasteiger partial charge in [0, 0.05) is 36.9 Å². The predicted molar refractivity (Wildman–Crippen MR) is 119 cm³/mol. The third kappa shape index (κ3) is 3.70. The molecule has 0 unspecified atom stereocenters. The summed E-state index contributed by atoms with van der Waals surface area (Å²) >= 11 is 5.68. The van der Waals surface area contributed by atoms with Crippen molar-refractivity contribution in [1.82, 2.24) is 19.8 Å². The molecule has 4 rings (SSSR count). The number of pyridine rings is 1. The topological polar surface area (TPSA) is 42.3 Å². The molecule has 156 valence electrons. The van der Waals surface area contributed by atoms with Gasteiger partial charge in [-0.3, -0.25) is 4.98 Å². The summed E-state index contributed by atoms with van der Waals surface area (Å²) in [6.45, 7) is 5.34. The highest BCUT2D eigenvalue weighted by molar-refractivity contribution is 7.80. The Bertz CT molecular complexity index is 1050. The molecule has 3 heterocycles. The molecular formula is C23H25FN4OS. The minimum Gasteiger partial charge on any atom is -0.383 e. The number of halogens is 1. The molecular weight excluding hydrogens is 399 g/mol. The second-order valence-corrected chi connectivity index (χ2v) is 7.84. The van der Waals surface area contributed by atoms with Crippen molar-refractivity contribution in [3.63, 3.8) is 0 Å². The van der Waals surface area contributed by atoms with Crippen molar-refractivity contribution in [3.05, 3.63) is 83.2 Å². The molecule has 0 bridgehead atoms. The largest absolute Gasteiger partial charge is 0.383 e. The summed E-state index contributed by atoms with van der Waals surface area (Å²) in [6.07, 6.45) is 1.80. The normalized spacial score (nSPS) is 18.7. The van der Waals surface area contributed by atoms with E-state index in [0.29, 0.717) is 18.3 Å². The van der Waals surface area contributed by atoms with Gasteiger partial charge in [0.2, 0.25) is 0 Å². The molecule has 30 heavy (non-hydrogen) atoms. The maximum Gasteiger partial charge on any atom is 0.170 e. The Kier molecular flexibility index (Phi) is 5.83. The van der Waals surface area contributed by atoms with Crippen molar-refractivity contribution in [3.8, 4) is 5.69 Å². The van der Waals surface area contributed by atoms with Gasteiger partial charge in [-0.15, -0.1) is 0 Å². The zero-order chi connectivity index (χ0) is 21.3. The van der Waals surface area contributed by atoms with Crippen molar-refractivity contribution >= 4 is 17.3 Å². The van der Waals surface area contributed by atoms with E-state index < -0.39 is 0 Å². The van der Waals surface area contributed by atoms with E-state index in [1.165, 1.54) is 6.07 Å². The Hall–Kier alpha value is -2.77. The first kappa shape index (κ1) is 20.5. The van der Waals surface area contributed by atoms with Crippen LogP contribution in [0.15, 0.2) is 54.7 Å². The molecule has 0 aliphatic carbocycles. The standard InChI is InChI=1S/C23H25FN4OS/c1-15-13-19(16(2)28(15)18-8-6-7-17(24)14-18)22-21(20-9-4-5-10-25-20)26-23(30)27(22)11-12-29-3/h4-10,13-14,21-22H,11-12H2,1-3H3,(H,26,30)/t21-,22+/m0/s1. The molecule has 2 aromatic heterocycles. The summed E-state index contributed by atoms with van der Waals surface area (Å²) in [5.74, 6) is -0.252. The minimum atomic E-state index is -0.252. The molecule has 1 N–H and O–H groups in total. The average Bonchev–Trinajstić information content (AvgIpc) is 3.22. The van der Waals surface area contributed by atoms with Crippen LogP contribution in [0.1, 0.15) is 34.7 Å². The fourth-order valence-electron chi connectivity index (χ4n) is 4.27. The van der Waals surface area contributed by atoms with Crippen LogP contribution in [0.3, 0.4) is 0 Å². The van der Waals surface area contributed by atoms with Gasteiger partial charge in [-0.05, 0) is 68.0 Å². The van der Waals surface area contributed by atoms with Gasteiger partial charge in [-0.25, -0.2) is 4.39 Å². The maximum absolute atomic E-state index is 13.9. The van der Waals surface area contributed by atoms with E-state index in [-0.39, 0.29) is 17.9 Å². The zero-order valence-electron chi connectivity index (χ0n) is 17.3. The van der Waals surface area contributed by atoms with Crippen molar-refractivity contribution in [2.24, 2.45) is 0 Å². The minimum absolute atomic E-state index is 0.0453. The fourth-order valence-corrected chi connectivity index (χ4v) is 4.61. The van der Waals surface area contributed by atoms with Crippen LogP contribution in [0.5, 0.6) is 0 Å². The molecule has 1 aliphatic rings. The fraction of sp³-hybridized carbons (Fsp3) is 0.304. The molecule has 7 heteroatoms. The van der Waals surface area contributed by atoms with Crippen LogP contribution < -0.4 is 5.32 Å². The van der Waals surface area contributed by atoms with Gasteiger partial charge in [0.25, 0.3) is 0 Å². The van der Waals surface area contributed by atoms with E-state index in [2.05, 4.69) is 32.8 Å². The van der Waals surface area contributed by atoms with Gasteiger partial charge in [-0.2, -0.15) is 0 Å². The molecule has 1 saturated heterocycles. The summed E-state index contributed by atoms with van der Waals surface area (Å²) in [4.78, 5) is 6.74. The Balaban J connectivity index is 1.82. The molecule has 0 saturated carbocycles. The molecule has 3 aromatic rings. The summed E-state index contributed by atoms with van der Waals surface area (Å²) in [7, 11) is 1.69. The quantitative estimate of drug-likeness (QED) is 0.600. The lowest BCUT2D eigenvalue weighted by Gasteiger charge is -2.28. The number of thiocarbonyl (C=S) groups is 1. The molecule has 0 radical (unpaired) electrons. The number of nitrogens with one attached hydrogen (secondary N) is 1. The van der Waals surface area contributed by atoms with Crippen LogP contribution in [-0.2, 0) is 4.74 Å². The number of hydrogen-bond donors (Lipinski definition) is 1. The molecule has 1 fully saturated rings. The van der Waals surface area contributed by atoms with Crippen LogP contribution >= 0.6 is 12.2 Å². The number of benzene rings is 1. The Labute approximate surface area is 181 Å². The second-order valence-electron chi connectivity index (χ2n) is 7.45. The predicted octanol–water partition coefficient (Wildman–Crippen LogP) is 4.25. The molecule has 0 amide bonds. The van der Waals surface area contributed by atoms with Crippen molar-refractivity contribution in [2.45, 2.75) is 25.9 Å². The van der Waals surface area contributed by atoms with Gasteiger partial charge < -0.3 is 19.5 Å². The Morgan fingerprint density at radius 2 is 2.00 bits per heavy atom. The third-order valence-corrected chi connectivity index (χ3v) is 5.94. The number of hydrogen-bond acceptors (Lipinski definition) is 3. The summed E-state index contributed by atoms with van der Waals surface area (Å²) in [5.41, 5.74) is 4.97. The van der Waals surface area contributed by atoms with Gasteiger partial charge in [0.15, 0.2) is 5.11 Å². The van der Waals surface area contributed by atoms with Gasteiger partial charge >= 0.3 is 0 Å². The number of rotatable bonds is 6. The highest BCUT2D eigenvalue weighted by atomic mass is 32.1. The highest BCUT2D eigenvalue weighted by Gasteiger charge is 2.41. The number of ether oxygens (including phenoxy) is 1. The van der Waals surface area contributed by atoms with E-state index in [0.717, 1.165) is 28.3 Å². The SMILES string of the molecule is COCCN1C(=S)N[C@@H](c2ccccn2)[C@H]1c1cc(C)n(-c2cccc(F)c2)c1C. The third-order valence-electron chi connectivity index (χ3n) is 5.59. The molecule has 5 nitrogen and oxygen atoms in total. The van der Waals surface area contributed by atoms with E-state index in [1.807, 2.05) is 31.2 Å². The number of nitrogens with zero attached hydrogens (tertiary/aromatic N) is 3. The lowest BCUT2D eigenvalue weighted by atomic mass is 9.97. The van der Waals surface area contributed by atoms with E-state index in [1.54, 1.807) is 25.4 Å². The molecule has 1 aliphatic heterocycles. The first-order valence-electron chi connectivity index (χ1n) is 9.93. The van der Waals surface area contributed by atoms with E-state index in [9.17, 15) is 4.39 Å².